The SMILES string of the molecule is COc1cccc(-c2ccc(C(=O)N3CC[C@@H](N4CCN(C)CC4)C3)cc2)c1. The second-order valence-corrected chi connectivity index (χ2v) is 7.84. The molecule has 0 bridgehead atoms. The minimum absolute atomic E-state index is 0.147. The highest BCUT2D eigenvalue weighted by molar-refractivity contribution is 5.95. The van der Waals surface area contributed by atoms with Crippen LogP contribution >= 0.6 is 0 Å². The number of hydrogen-bond acceptors (Lipinski definition) is 4. The van der Waals surface area contributed by atoms with E-state index in [2.05, 4.69) is 22.9 Å². The van der Waals surface area contributed by atoms with Gasteiger partial charge in [-0.05, 0) is 48.9 Å². The maximum atomic E-state index is 13.0. The largest absolute Gasteiger partial charge is 0.497 e. The third kappa shape index (κ3) is 4.05. The number of ether oxygens (including phenoxy) is 1. The zero-order valence-corrected chi connectivity index (χ0v) is 16.8. The second-order valence-electron chi connectivity index (χ2n) is 7.84. The van der Waals surface area contributed by atoms with Gasteiger partial charge < -0.3 is 14.5 Å². The van der Waals surface area contributed by atoms with Crippen LogP contribution < -0.4 is 4.74 Å². The van der Waals surface area contributed by atoms with Gasteiger partial charge in [0.2, 0.25) is 0 Å². The summed E-state index contributed by atoms with van der Waals surface area (Å²) in [6.07, 6.45) is 1.08. The Kier molecular flexibility index (Phi) is 5.64. The molecule has 5 heteroatoms. The number of carbonyl (C=O) groups is 1. The number of rotatable bonds is 4. The number of nitrogens with zero attached hydrogens (tertiary/aromatic N) is 3. The molecule has 28 heavy (non-hydrogen) atoms. The maximum absolute atomic E-state index is 13.0. The molecule has 2 aromatic carbocycles. The molecular weight excluding hydrogens is 350 g/mol. The molecule has 2 fully saturated rings. The second kappa shape index (κ2) is 8.33. The molecule has 0 radical (unpaired) electrons. The predicted octanol–water partition coefficient (Wildman–Crippen LogP) is 2.82. The summed E-state index contributed by atoms with van der Waals surface area (Å²) in [5, 5.41) is 0. The Balaban J connectivity index is 1.40. The third-order valence-corrected chi connectivity index (χ3v) is 6.04. The minimum Gasteiger partial charge on any atom is -0.497 e. The fraction of sp³-hybridized carbons (Fsp3) is 0.435. The van der Waals surface area contributed by atoms with E-state index in [0.717, 1.165) is 68.1 Å². The lowest BCUT2D eigenvalue weighted by atomic mass is 10.0. The molecule has 0 aromatic heterocycles. The van der Waals surface area contributed by atoms with Crippen molar-refractivity contribution < 1.29 is 9.53 Å². The first-order valence-corrected chi connectivity index (χ1v) is 10.1. The third-order valence-electron chi connectivity index (χ3n) is 6.04. The van der Waals surface area contributed by atoms with Crippen LogP contribution in [0.1, 0.15) is 16.8 Å². The van der Waals surface area contributed by atoms with Gasteiger partial charge in [-0.15, -0.1) is 0 Å². The molecule has 148 valence electrons. The molecule has 2 aromatic rings. The highest BCUT2D eigenvalue weighted by Gasteiger charge is 2.31. The van der Waals surface area contributed by atoms with Crippen molar-refractivity contribution in [1.29, 1.82) is 0 Å². The average molecular weight is 380 g/mol. The van der Waals surface area contributed by atoms with Crippen LogP contribution in [0, 0.1) is 0 Å². The minimum atomic E-state index is 0.147. The molecule has 2 aliphatic heterocycles. The Labute approximate surface area is 167 Å². The van der Waals surface area contributed by atoms with E-state index in [9.17, 15) is 4.79 Å². The lowest BCUT2D eigenvalue weighted by Crippen LogP contribution is -2.50. The summed E-state index contributed by atoms with van der Waals surface area (Å²) in [6.45, 7) is 6.16. The highest BCUT2D eigenvalue weighted by Crippen LogP contribution is 2.25. The fourth-order valence-electron chi connectivity index (χ4n) is 4.20. The number of likely N-dealkylation sites (tertiary alicyclic amines) is 1. The smallest absolute Gasteiger partial charge is 0.253 e. The summed E-state index contributed by atoms with van der Waals surface area (Å²) in [7, 11) is 3.85. The van der Waals surface area contributed by atoms with Crippen LogP contribution in [0.4, 0.5) is 0 Å². The molecule has 0 N–H and O–H groups in total. The number of likely N-dealkylation sites (N-methyl/N-ethyl adjacent to an activating group) is 1. The van der Waals surface area contributed by atoms with Gasteiger partial charge in [0, 0.05) is 50.9 Å². The first-order valence-electron chi connectivity index (χ1n) is 10.1. The zero-order valence-electron chi connectivity index (χ0n) is 16.8. The number of amides is 1. The number of benzene rings is 2. The fourth-order valence-corrected chi connectivity index (χ4v) is 4.20. The first kappa shape index (κ1) is 19.0. The number of methoxy groups -OCH3 is 1. The number of piperazine rings is 1. The normalized spacial score (nSPS) is 21.1. The van der Waals surface area contributed by atoms with Gasteiger partial charge in [-0.25, -0.2) is 0 Å². The molecule has 1 atom stereocenters. The van der Waals surface area contributed by atoms with Gasteiger partial charge in [0.25, 0.3) is 5.91 Å². The molecular formula is C23H29N3O2. The van der Waals surface area contributed by atoms with Crippen LogP contribution in [0.5, 0.6) is 5.75 Å². The summed E-state index contributed by atoms with van der Waals surface area (Å²) in [4.78, 5) is 19.9. The summed E-state index contributed by atoms with van der Waals surface area (Å²) in [6, 6.07) is 16.4. The molecule has 5 nitrogen and oxygen atoms in total. The van der Waals surface area contributed by atoms with Crippen LogP contribution in [0.3, 0.4) is 0 Å². The molecule has 0 spiro atoms. The van der Waals surface area contributed by atoms with E-state index in [1.165, 1.54) is 0 Å². The molecule has 1 amide bonds. The van der Waals surface area contributed by atoms with Gasteiger partial charge in [0.05, 0.1) is 7.11 Å². The lowest BCUT2D eigenvalue weighted by Gasteiger charge is -2.36. The molecule has 0 aliphatic carbocycles. The molecule has 4 rings (SSSR count). The summed E-state index contributed by atoms with van der Waals surface area (Å²) in [5.41, 5.74) is 2.95. The van der Waals surface area contributed by atoms with Crippen molar-refractivity contribution in [3.63, 3.8) is 0 Å². The number of carbonyl (C=O) groups excluding carboxylic acids is 1. The van der Waals surface area contributed by atoms with Crippen molar-refractivity contribution in [2.45, 2.75) is 12.5 Å². The quantitative estimate of drug-likeness (QED) is 0.819. The Hall–Kier alpha value is -2.37. The highest BCUT2D eigenvalue weighted by atomic mass is 16.5. The van der Waals surface area contributed by atoms with Gasteiger partial charge in [0.15, 0.2) is 0 Å². The monoisotopic (exact) mass is 379 g/mol. The predicted molar refractivity (Wildman–Crippen MR) is 112 cm³/mol. The van der Waals surface area contributed by atoms with E-state index in [0.29, 0.717) is 6.04 Å². The number of hydrogen-bond donors (Lipinski definition) is 0. The topological polar surface area (TPSA) is 36.0 Å². The van der Waals surface area contributed by atoms with Crippen LogP contribution in [0.2, 0.25) is 0 Å². The van der Waals surface area contributed by atoms with Gasteiger partial charge >= 0.3 is 0 Å². The standard InChI is InChI=1S/C23H29N3O2/c1-24-12-14-25(15-13-24)21-10-11-26(17-21)23(27)19-8-6-18(7-9-19)20-4-3-5-22(16-20)28-2/h3-9,16,21H,10-15,17H2,1-2H3/t21-/m1/s1. The van der Waals surface area contributed by atoms with Gasteiger partial charge in [-0.1, -0.05) is 24.3 Å². The zero-order chi connectivity index (χ0) is 19.5. The summed E-state index contributed by atoms with van der Waals surface area (Å²) in [5.74, 6) is 0.985. The van der Waals surface area contributed by atoms with Crippen LogP contribution in [0.15, 0.2) is 48.5 Å². The molecule has 0 saturated carbocycles. The Morgan fingerprint density at radius 3 is 2.43 bits per heavy atom. The van der Waals surface area contributed by atoms with E-state index in [4.69, 9.17) is 4.74 Å². The van der Waals surface area contributed by atoms with E-state index in [1.54, 1.807) is 7.11 Å². The molecule has 2 saturated heterocycles. The summed E-state index contributed by atoms with van der Waals surface area (Å²) < 4.78 is 5.30. The van der Waals surface area contributed by atoms with Crippen LogP contribution in [-0.2, 0) is 0 Å². The van der Waals surface area contributed by atoms with Crippen molar-refractivity contribution in [2.75, 3.05) is 53.4 Å². The summed E-state index contributed by atoms with van der Waals surface area (Å²) >= 11 is 0. The van der Waals surface area contributed by atoms with E-state index in [1.807, 2.05) is 47.4 Å². The van der Waals surface area contributed by atoms with Crippen molar-refractivity contribution >= 4 is 5.91 Å². The Morgan fingerprint density at radius 1 is 0.964 bits per heavy atom. The van der Waals surface area contributed by atoms with Crippen molar-refractivity contribution in [1.82, 2.24) is 14.7 Å². The lowest BCUT2D eigenvalue weighted by molar-refractivity contribution is 0.0755. The molecule has 2 aliphatic rings. The van der Waals surface area contributed by atoms with E-state index >= 15 is 0 Å². The maximum Gasteiger partial charge on any atom is 0.253 e. The van der Waals surface area contributed by atoms with Gasteiger partial charge in [-0.3, -0.25) is 9.69 Å². The Bertz CT molecular complexity index is 813. The van der Waals surface area contributed by atoms with Crippen molar-refractivity contribution in [3.05, 3.63) is 54.1 Å². The van der Waals surface area contributed by atoms with Gasteiger partial charge in [-0.2, -0.15) is 0 Å². The van der Waals surface area contributed by atoms with Crippen LogP contribution in [-0.4, -0.2) is 80.1 Å². The van der Waals surface area contributed by atoms with Gasteiger partial charge in [0.1, 0.15) is 5.75 Å². The van der Waals surface area contributed by atoms with Crippen molar-refractivity contribution in [3.8, 4) is 16.9 Å². The first-order chi connectivity index (χ1) is 13.6. The van der Waals surface area contributed by atoms with Crippen molar-refractivity contribution in [2.24, 2.45) is 0 Å². The average Bonchev–Trinajstić information content (AvgIpc) is 3.24. The molecule has 0 unspecified atom stereocenters. The van der Waals surface area contributed by atoms with Crippen LogP contribution in [0.25, 0.3) is 11.1 Å². The van der Waals surface area contributed by atoms with E-state index < -0.39 is 0 Å². The molecule has 2 heterocycles. The van der Waals surface area contributed by atoms with E-state index in [-0.39, 0.29) is 5.91 Å². The Morgan fingerprint density at radius 2 is 1.71 bits per heavy atom.